The zero-order chi connectivity index (χ0) is 16.1. The molecular formula is C15H16ClN3O3. The molecule has 0 aliphatic carbocycles. The van der Waals surface area contributed by atoms with E-state index in [2.05, 4.69) is 10.3 Å². The number of aromatic nitrogens is 2. The third kappa shape index (κ3) is 3.85. The fraction of sp³-hybridized carbons (Fsp3) is 0.267. The van der Waals surface area contributed by atoms with Crippen LogP contribution in [0.15, 0.2) is 35.4 Å². The van der Waals surface area contributed by atoms with E-state index in [9.17, 15) is 9.59 Å². The Bertz CT molecular complexity index is 743. The quantitative estimate of drug-likeness (QED) is 0.908. The van der Waals surface area contributed by atoms with Crippen molar-refractivity contribution in [3.05, 3.63) is 57.2 Å². The first kappa shape index (κ1) is 16.0. The highest BCUT2D eigenvalue weighted by Crippen LogP contribution is 2.22. The molecule has 1 aromatic carbocycles. The number of nitrogens with zero attached hydrogens (tertiary/aromatic N) is 2. The number of benzene rings is 1. The van der Waals surface area contributed by atoms with Crippen LogP contribution in [0.2, 0.25) is 5.02 Å². The molecule has 0 bridgehead atoms. The predicted octanol–water partition coefficient (Wildman–Crippen LogP) is 1.64. The third-order valence-electron chi connectivity index (χ3n) is 3.06. The lowest BCUT2D eigenvalue weighted by Gasteiger charge is -2.10. The molecule has 0 fully saturated rings. The van der Waals surface area contributed by atoms with Crippen LogP contribution >= 0.6 is 11.6 Å². The zero-order valence-corrected chi connectivity index (χ0v) is 13.1. The summed E-state index contributed by atoms with van der Waals surface area (Å²) >= 11 is 5.89. The summed E-state index contributed by atoms with van der Waals surface area (Å²) in [6.45, 7) is 2.37. The van der Waals surface area contributed by atoms with Gasteiger partial charge in [-0.25, -0.2) is 4.98 Å². The van der Waals surface area contributed by atoms with Crippen molar-refractivity contribution in [1.29, 1.82) is 0 Å². The Morgan fingerprint density at radius 3 is 2.86 bits per heavy atom. The fourth-order valence-electron chi connectivity index (χ4n) is 1.93. The second-order valence-corrected chi connectivity index (χ2v) is 5.10. The molecule has 6 nitrogen and oxygen atoms in total. The Kier molecular flexibility index (Phi) is 5.16. The average Bonchev–Trinajstić information content (AvgIpc) is 2.49. The van der Waals surface area contributed by atoms with Crippen LogP contribution in [0.1, 0.15) is 16.1 Å². The van der Waals surface area contributed by atoms with E-state index in [4.69, 9.17) is 16.3 Å². The lowest BCUT2D eigenvalue weighted by atomic mass is 10.2. The minimum Gasteiger partial charge on any atom is -0.496 e. The van der Waals surface area contributed by atoms with Crippen LogP contribution in [0.3, 0.4) is 0 Å². The summed E-state index contributed by atoms with van der Waals surface area (Å²) in [5, 5.41) is 3.18. The second kappa shape index (κ2) is 7.09. The van der Waals surface area contributed by atoms with E-state index < -0.39 is 0 Å². The third-order valence-corrected chi connectivity index (χ3v) is 3.30. The summed E-state index contributed by atoms with van der Waals surface area (Å²) in [5.41, 5.74) is 0.861. The molecule has 7 heteroatoms. The smallest absolute Gasteiger partial charge is 0.255 e. The van der Waals surface area contributed by atoms with Gasteiger partial charge in [-0.1, -0.05) is 11.6 Å². The molecule has 0 radical (unpaired) electrons. The molecule has 1 amide bonds. The number of halogens is 1. The number of nitrogens with one attached hydrogen (secondary N) is 1. The number of ether oxygens (including phenoxy) is 1. The monoisotopic (exact) mass is 321 g/mol. The second-order valence-electron chi connectivity index (χ2n) is 4.66. The minimum atomic E-state index is -0.313. The summed E-state index contributed by atoms with van der Waals surface area (Å²) < 4.78 is 6.57. The van der Waals surface area contributed by atoms with E-state index >= 15 is 0 Å². The van der Waals surface area contributed by atoms with Crippen LogP contribution in [0.5, 0.6) is 5.75 Å². The van der Waals surface area contributed by atoms with Gasteiger partial charge in [-0.05, 0) is 25.1 Å². The summed E-state index contributed by atoms with van der Waals surface area (Å²) in [7, 11) is 1.48. The summed E-state index contributed by atoms with van der Waals surface area (Å²) in [6, 6.07) is 6.26. The number of carbonyl (C=O) groups excluding carboxylic acids is 1. The molecule has 1 heterocycles. The van der Waals surface area contributed by atoms with Crippen LogP contribution in [-0.4, -0.2) is 29.1 Å². The maximum Gasteiger partial charge on any atom is 0.255 e. The van der Waals surface area contributed by atoms with Crippen molar-refractivity contribution < 1.29 is 9.53 Å². The minimum absolute atomic E-state index is 0.151. The van der Waals surface area contributed by atoms with Crippen molar-refractivity contribution in [3.8, 4) is 5.75 Å². The van der Waals surface area contributed by atoms with Gasteiger partial charge in [0.2, 0.25) is 0 Å². The predicted molar refractivity (Wildman–Crippen MR) is 83.6 cm³/mol. The highest BCUT2D eigenvalue weighted by atomic mass is 35.5. The van der Waals surface area contributed by atoms with Crippen molar-refractivity contribution in [2.75, 3.05) is 13.7 Å². The largest absolute Gasteiger partial charge is 0.496 e. The molecule has 0 unspecified atom stereocenters. The summed E-state index contributed by atoms with van der Waals surface area (Å²) in [6.07, 6.45) is 1.46. The van der Waals surface area contributed by atoms with Crippen LogP contribution < -0.4 is 15.6 Å². The molecule has 0 saturated carbocycles. The number of rotatable bonds is 5. The van der Waals surface area contributed by atoms with Crippen LogP contribution in [0.4, 0.5) is 0 Å². The molecule has 2 aromatic rings. The fourth-order valence-corrected chi connectivity index (χ4v) is 2.10. The Labute approximate surface area is 132 Å². The number of carbonyl (C=O) groups is 1. The van der Waals surface area contributed by atoms with Gasteiger partial charge in [0.15, 0.2) is 0 Å². The van der Waals surface area contributed by atoms with Crippen molar-refractivity contribution in [1.82, 2.24) is 14.9 Å². The van der Waals surface area contributed by atoms with Gasteiger partial charge in [0, 0.05) is 29.9 Å². The van der Waals surface area contributed by atoms with Crippen molar-refractivity contribution >= 4 is 17.5 Å². The molecule has 0 spiro atoms. The Hall–Kier alpha value is -2.34. The van der Waals surface area contributed by atoms with Gasteiger partial charge in [-0.15, -0.1) is 0 Å². The first-order valence-corrected chi connectivity index (χ1v) is 7.04. The molecule has 1 aromatic heterocycles. The molecule has 2 rings (SSSR count). The van der Waals surface area contributed by atoms with Gasteiger partial charge < -0.3 is 10.1 Å². The molecule has 0 saturated heterocycles. The van der Waals surface area contributed by atoms with E-state index in [0.29, 0.717) is 35.1 Å². The lowest BCUT2D eigenvalue weighted by molar-refractivity contribution is 0.0949. The van der Waals surface area contributed by atoms with Crippen molar-refractivity contribution in [3.63, 3.8) is 0 Å². The Morgan fingerprint density at radius 1 is 1.41 bits per heavy atom. The van der Waals surface area contributed by atoms with Gasteiger partial charge in [0.05, 0.1) is 19.0 Å². The van der Waals surface area contributed by atoms with E-state index in [1.807, 2.05) is 0 Å². The topological polar surface area (TPSA) is 73.2 Å². The van der Waals surface area contributed by atoms with Gasteiger partial charge in [-0.2, -0.15) is 0 Å². The molecule has 0 aliphatic heterocycles. The Balaban J connectivity index is 2.01. The highest BCUT2D eigenvalue weighted by Gasteiger charge is 2.12. The Morgan fingerprint density at radius 2 is 2.18 bits per heavy atom. The number of hydrogen-bond acceptors (Lipinski definition) is 4. The number of methoxy groups -OCH3 is 1. The van der Waals surface area contributed by atoms with Crippen LogP contribution in [0.25, 0.3) is 0 Å². The SMILES string of the molecule is COc1ccc(Cl)cc1C(=O)NCCn1cnc(C)cc1=O. The van der Waals surface area contributed by atoms with Gasteiger partial charge in [0.25, 0.3) is 11.5 Å². The van der Waals surface area contributed by atoms with Crippen molar-refractivity contribution in [2.45, 2.75) is 13.5 Å². The maximum atomic E-state index is 12.2. The van der Waals surface area contributed by atoms with Gasteiger partial charge in [-0.3, -0.25) is 14.2 Å². The van der Waals surface area contributed by atoms with E-state index in [1.54, 1.807) is 19.1 Å². The zero-order valence-electron chi connectivity index (χ0n) is 12.3. The summed E-state index contributed by atoms with van der Waals surface area (Å²) in [5.74, 6) is 0.128. The van der Waals surface area contributed by atoms with Gasteiger partial charge >= 0.3 is 0 Å². The average molecular weight is 322 g/mol. The van der Waals surface area contributed by atoms with Crippen molar-refractivity contribution in [2.24, 2.45) is 0 Å². The standard InChI is InChI=1S/C15H16ClN3O3/c1-10-7-14(20)19(9-18-10)6-5-17-15(21)12-8-11(16)3-4-13(12)22-2/h3-4,7-9H,5-6H2,1-2H3,(H,17,21). The normalized spacial score (nSPS) is 10.3. The highest BCUT2D eigenvalue weighted by molar-refractivity contribution is 6.31. The molecule has 0 atom stereocenters. The van der Waals surface area contributed by atoms with E-state index in [-0.39, 0.29) is 11.5 Å². The first-order valence-electron chi connectivity index (χ1n) is 6.66. The lowest BCUT2D eigenvalue weighted by Crippen LogP contribution is -2.31. The van der Waals surface area contributed by atoms with Gasteiger partial charge in [0.1, 0.15) is 5.75 Å². The maximum absolute atomic E-state index is 12.2. The first-order chi connectivity index (χ1) is 10.5. The number of hydrogen-bond donors (Lipinski definition) is 1. The molecule has 116 valence electrons. The molecule has 1 N–H and O–H groups in total. The number of amides is 1. The van der Waals surface area contributed by atoms with E-state index in [0.717, 1.165) is 0 Å². The summed E-state index contributed by atoms with van der Waals surface area (Å²) in [4.78, 5) is 27.9. The van der Waals surface area contributed by atoms with Crippen LogP contribution in [0, 0.1) is 6.92 Å². The molecular weight excluding hydrogens is 306 g/mol. The van der Waals surface area contributed by atoms with Crippen LogP contribution in [-0.2, 0) is 6.54 Å². The molecule has 22 heavy (non-hydrogen) atoms. The molecule has 0 aliphatic rings. The van der Waals surface area contributed by atoms with E-state index in [1.165, 1.54) is 30.1 Å². The number of aryl methyl sites for hydroxylation is 1.